The number of hydrogen-bond donors (Lipinski definition) is 0. The molecule has 0 amide bonds. The third kappa shape index (κ3) is 7.90. The van der Waals surface area contributed by atoms with Crippen molar-refractivity contribution in [1.82, 2.24) is 0 Å². The van der Waals surface area contributed by atoms with Crippen molar-refractivity contribution in [1.29, 1.82) is 0 Å². The van der Waals surface area contributed by atoms with Crippen LogP contribution < -0.4 is 0 Å². The molecule has 0 spiro atoms. The van der Waals surface area contributed by atoms with E-state index in [1.165, 1.54) is 0 Å². The number of halogens is 1. The molecule has 0 aliphatic carbocycles. The molecule has 0 saturated heterocycles. The van der Waals surface area contributed by atoms with E-state index in [1.54, 1.807) is 17.8 Å². The number of carbonyl (C=O) groups excluding carboxylic acids is 2. The summed E-state index contributed by atoms with van der Waals surface area (Å²) in [6.45, 7) is 13.0. The zero-order valence-corrected chi connectivity index (χ0v) is 21.3. The normalized spacial score (nSPS) is 12.6. The standard InChI is InChI=1S/C28H33ClO3S/c1-6-8-10-16-25(33-22-14-11-9-12-15-22)24(30)18-23-26(19(3)17-20(4)27(23)29)28(31)32-21(5)13-7-2/h6-7,9,11-12,14-15,17,21,25H,1-2,8,10,13,16,18H2,3-5H3/t21-,25?/m1/s1. The van der Waals surface area contributed by atoms with Gasteiger partial charge in [0.05, 0.1) is 10.8 Å². The Labute approximate surface area is 207 Å². The van der Waals surface area contributed by atoms with Crippen molar-refractivity contribution in [2.24, 2.45) is 0 Å². The molecule has 0 aliphatic rings. The first-order chi connectivity index (χ1) is 15.8. The maximum absolute atomic E-state index is 13.5. The molecule has 176 valence electrons. The lowest BCUT2D eigenvalue weighted by atomic mass is 9.93. The van der Waals surface area contributed by atoms with Gasteiger partial charge in [0, 0.05) is 22.8 Å². The summed E-state index contributed by atoms with van der Waals surface area (Å²) >= 11 is 8.21. The zero-order valence-electron chi connectivity index (χ0n) is 19.7. The van der Waals surface area contributed by atoms with Crippen LogP contribution in [0.4, 0.5) is 0 Å². The first-order valence-corrected chi connectivity index (χ1v) is 12.5. The second kappa shape index (κ2) is 13.4. The largest absolute Gasteiger partial charge is 0.459 e. The summed E-state index contributed by atoms with van der Waals surface area (Å²) in [5, 5.41) is 0.208. The Kier molecular flexibility index (Phi) is 11.0. The molecule has 2 aromatic rings. The van der Waals surface area contributed by atoms with Crippen molar-refractivity contribution in [3.63, 3.8) is 0 Å². The van der Waals surface area contributed by atoms with Crippen molar-refractivity contribution in [3.05, 3.63) is 89.0 Å². The fraction of sp³-hybridized carbons (Fsp3) is 0.357. The number of hydrogen-bond acceptors (Lipinski definition) is 4. The third-order valence-corrected chi connectivity index (χ3v) is 7.21. The lowest BCUT2D eigenvalue weighted by Gasteiger charge is -2.20. The monoisotopic (exact) mass is 484 g/mol. The Morgan fingerprint density at radius 3 is 2.45 bits per heavy atom. The number of allylic oxidation sites excluding steroid dienone is 1. The number of Topliss-reactive ketones (excluding diaryl/α,β-unsaturated/α-hetero) is 1. The molecule has 0 radical (unpaired) electrons. The average Bonchev–Trinajstić information content (AvgIpc) is 2.77. The molecule has 0 bridgehead atoms. The van der Waals surface area contributed by atoms with Crippen LogP contribution in [-0.4, -0.2) is 23.1 Å². The molecule has 0 fully saturated rings. The highest BCUT2D eigenvalue weighted by Crippen LogP contribution is 2.33. The van der Waals surface area contributed by atoms with Crippen LogP contribution >= 0.6 is 23.4 Å². The van der Waals surface area contributed by atoms with Crippen molar-refractivity contribution in [2.45, 2.75) is 69.1 Å². The topological polar surface area (TPSA) is 43.4 Å². The van der Waals surface area contributed by atoms with E-state index in [4.69, 9.17) is 16.3 Å². The molecular weight excluding hydrogens is 452 g/mol. The fourth-order valence-corrected chi connectivity index (χ4v) is 5.06. The van der Waals surface area contributed by atoms with E-state index in [1.807, 2.05) is 63.2 Å². The van der Waals surface area contributed by atoms with E-state index in [9.17, 15) is 9.59 Å². The molecule has 0 heterocycles. The summed E-state index contributed by atoms with van der Waals surface area (Å²) in [5.41, 5.74) is 2.54. The van der Waals surface area contributed by atoms with Gasteiger partial charge < -0.3 is 4.74 Å². The molecule has 5 heteroatoms. The first kappa shape index (κ1) is 26.9. The molecule has 2 atom stereocenters. The van der Waals surface area contributed by atoms with Crippen LogP contribution in [0.2, 0.25) is 5.02 Å². The van der Waals surface area contributed by atoms with Crippen LogP contribution in [-0.2, 0) is 16.0 Å². The molecule has 2 rings (SSSR count). The zero-order chi connectivity index (χ0) is 24.4. The molecule has 1 unspecified atom stereocenters. The highest BCUT2D eigenvalue weighted by Gasteiger charge is 2.27. The number of carbonyl (C=O) groups is 2. The maximum atomic E-state index is 13.5. The minimum Gasteiger partial charge on any atom is -0.459 e. The molecule has 0 aliphatic heterocycles. The van der Waals surface area contributed by atoms with Gasteiger partial charge in [-0.25, -0.2) is 4.79 Å². The van der Waals surface area contributed by atoms with Crippen LogP contribution in [0.5, 0.6) is 0 Å². The SMILES string of the molecule is C=CCCCC(Sc1ccccc1)C(=O)Cc1c(Cl)c(C)cc(C)c1C(=O)O[C@H](C)CC=C. The van der Waals surface area contributed by atoms with Gasteiger partial charge in [-0.05, 0) is 68.9 Å². The summed E-state index contributed by atoms with van der Waals surface area (Å²) < 4.78 is 5.61. The van der Waals surface area contributed by atoms with Crippen LogP contribution in [0.15, 0.2) is 66.6 Å². The highest BCUT2D eigenvalue weighted by atomic mass is 35.5. The molecule has 0 aromatic heterocycles. The summed E-state index contributed by atoms with van der Waals surface area (Å²) in [5.74, 6) is -0.404. The van der Waals surface area contributed by atoms with Gasteiger partial charge in [-0.15, -0.1) is 24.9 Å². The predicted octanol–water partition coefficient (Wildman–Crippen LogP) is 7.71. The summed E-state index contributed by atoms with van der Waals surface area (Å²) in [7, 11) is 0. The fourth-order valence-electron chi connectivity index (χ4n) is 3.71. The number of esters is 1. The maximum Gasteiger partial charge on any atom is 0.339 e. The van der Waals surface area contributed by atoms with Gasteiger partial charge in [0.25, 0.3) is 0 Å². The second-order valence-electron chi connectivity index (χ2n) is 8.20. The Hall–Kier alpha value is -2.30. The number of unbranched alkanes of at least 4 members (excludes halogenated alkanes) is 1. The Morgan fingerprint density at radius 1 is 1.12 bits per heavy atom. The number of ketones is 1. The first-order valence-electron chi connectivity index (χ1n) is 11.2. The lowest BCUT2D eigenvalue weighted by molar-refractivity contribution is -0.118. The lowest BCUT2D eigenvalue weighted by Crippen LogP contribution is -2.23. The molecule has 3 nitrogen and oxygen atoms in total. The van der Waals surface area contributed by atoms with Gasteiger partial charge in [-0.2, -0.15) is 0 Å². The van der Waals surface area contributed by atoms with Gasteiger partial charge in [0.15, 0.2) is 5.78 Å². The second-order valence-corrected chi connectivity index (χ2v) is 9.85. The summed E-state index contributed by atoms with van der Waals surface area (Å²) in [6, 6.07) is 11.8. The highest BCUT2D eigenvalue weighted by molar-refractivity contribution is 8.00. The quantitative estimate of drug-likeness (QED) is 0.126. The van der Waals surface area contributed by atoms with Crippen molar-refractivity contribution in [2.75, 3.05) is 0 Å². The van der Waals surface area contributed by atoms with Gasteiger partial charge in [0.1, 0.15) is 6.10 Å². The van der Waals surface area contributed by atoms with Gasteiger partial charge in [-0.1, -0.05) is 48.0 Å². The summed E-state index contributed by atoms with van der Waals surface area (Å²) in [6.07, 6.45) is 6.36. The van der Waals surface area contributed by atoms with E-state index >= 15 is 0 Å². The Balaban J connectivity index is 2.36. The van der Waals surface area contributed by atoms with E-state index in [0.717, 1.165) is 35.3 Å². The molecule has 0 saturated carbocycles. The number of ether oxygens (including phenoxy) is 1. The molecule has 0 N–H and O–H groups in total. The minimum absolute atomic E-state index is 0.0491. The number of thioether (sulfide) groups is 1. The van der Waals surface area contributed by atoms with Crippen molar-refractivity contribution in [3.8, 4) is 0 Å². The number of rotatable bonds is 13. The van der Waals surface area contributed by atoms with Crippen LogP contribution in [0.3, 0.4) is 0 Å². The smallest absolute Gasteiger partial charge is 0.339 e. The van der Waals surface area contributed by atoms with Gasteiger partial charge in [0.2, 0.25) is 0 Å². The van der Waals surface area contributed by atoms with Crippen LogP contribution in [0.25, 0.3) is 0 Å². The molecular formula is C28H33ClO3S. The average molecular weight is 485 g/mol. The van der Waals surface area contributed by atoms with Crippen LogP contribution in [0, 0.1) is 13.8 Å². The van der Waals surface area contributed by atoms with E-state index < -0.39 is 5.97 Å². The summed E-state index contributed by atoms with van der Waals surface area (Å²) in [4.78, 5) is 27.6. The van der Waals surface area contributed by atoms with E-state index in [-0.39, 0.29) is 23.6 Å². The predicted molar refractivity (Wildman–Crippen MR) is 139 cm³/mol. The van der Waals surface area contributed by atoms with Crippen molar-refractivity contribution >= 4 is 35.1 Å². The number of benzene rings is 2. The molecule has 2 aromatic carbocycles. The van der Waals surface area contributed by atoms with Crippen molar-refractivity contribution < 1.29 is 14.3 Å². The molecule has 33 heavy (non-hydrogen) atoms. The van der Waals surface area contributed by atoms with E-state index in [0.29, 0.717) is 22.6 Å². The Morgan fingerprint density at radius 2 is 1.82 bits per heavy atom. The van der Waals surface area contributed by atoms with E-state index in [2.05, 4.69) is 13.2 Å². The third-order valence-electron chi connectivity index (χ3n) is 5.36. The minimum atomic E-state index is -0.453. The van der Waals surface area contributed by atoms with Gasteiger partial charge >= 0.3 is 5.97 Å². The van der Waals surface area contributed by atoms with Crippen LogP contribution in [0.1, 0.15) is 59.7 Å². The van der Waals surface area contributed by atoms with Gasteiger partial charge in [-0.3, -0.25) is 4.79 Å². The number of aryl methyl sites for hydroxylation is 2. The Bertz CT molecular complexity index is 984.